The Hall–Kier alpha value is -0.740. The van der Waals surface area contributed by atoms with Crippen LogP contribution in [0, 0.1) is 0 Å². The highest BCUT2D eigenvalue weighted by Crippen LogP contribution is 2.34. The highest BCUT2D eigenvalue weighted by molar-refractivity contribution is 9.10. The van der Waals surface area contributed by atoms with Gasteiger partial charge in [0.2, 0.25) is 0 Å². The number of rotatable bonds is 2. The lowest BCUT2D eigenvalue weighted by atomic mass is 9.80. The predicted molar refractivity (Wildman–Crippen MR) is 86.7 cm³/mol. The van der Waals surface area contributed by atoms with Crippen LogP contribution in [0.1, 0.15) is 32.1 Å². The van der Waals surface area contributed by atoms with Crippen LogP contribution in [0.2, 0.25) is 0 Å². The molecule has 1 aromatic rings. The molecule has 3 nitrogen and oxygen atoms in total. The Kier molecular flexibility index (Phi) is 4.22. The molecule has 0 unspecified atom stereocenters. The summed E-state index contributed by atoms with van der Waals surface area (Å²) in [7, 11) is 1.73. The fourth-order valence-corrected chi connectivity index (χ4v) is 4.05. The fourth-order valence-electron chi connectivity index (χ4n) is 3.59. The smallest absolute Gasteiger partial charge is 0.122 e. The molecule has 1 spiro atoms. The molecule has 1 heterocycles. The largest absolute Gasteiger partial charge is 0.497 e. The summed E-state index contributed by atoms with van der Waals surface area (Å²) in [5, 5.41) is 3.79. The number of hydrogen-bond donors (Lipinski definition) is 1. The molecule has 1 N–H and O–H groups in total. The van der Waals surface area contributed by atoms with Crippen molar-refractivity contribution in [3.63, 3.8) is 0 Å². The van der Waals surface area contributed by atoms with Crippen molar-refractivity contribution >= 4 is 21.6 Å². The molecule has 2 fully saturated rings. The van der Waals surface area contributed by atoms with Crippen LogP contribution in [0.3, 0.4) is 0 Å². The van der Waals surface area contributed by atoms with Crippen molar-refractivity contribution in [2.24, 2.45) is 0 Å². The second kappa shape index (κ2) is 5.94. The van der Waals surface area contributed by atoms with Crippen molar-refractivity contribution in [2.45, 2.75) is 37.6 Å². The molecule has 1 aromatic carbocycles. The minimum Gasteiger partial charge on any atom is -0.497 e. The molecule has 1 saturated heterocycles. The van der Waals surface area contributed by atoms with E-state index in [1.54, 1.807) is 7.11 Å². The zero-order valence-electron chi connectivity index (χ0n) is 12.1. The molecule has 1 aliphatic heterocycles. The maximum atomic E-state index is 5.39. The third-order valence-corrected chi connectivity index (χ3v) is 5.10. The van der Waals surface area contributed by atoms with Gasteiger partial charge in [0, 0.05) is 41.4 Å². The van der Waals surface area contributed by atoms with Gasteiger partial charge >= 0.3 is 0 Å². The zero-order valence-corrected chi connectivity index (χ0v) is 13.7. The molecular weight excluding hydrogens is 316 g/mol. The van der Waals surface area contributed by atoms with Gasteiger partial charge in [-0.2, -0.15) is 0 Å². The summed E-state index contributed by atoms with van der Waals surface area (Å²) >= 11 is 3.59. The lowest BCUT2D eigenvalue weighted by molar-refractivity contribution is 0.216. The number of hydrogen-bond acceptors (Lipinski definition) is 3. The van der Waals surface area contributed by atoms with Gasteiger partial charge in [-0.25, -0.2) is 0 Å². The van der Waals surface area contributed by atoms with Crippen molar-refractivity contribution in [3.05, 3.63) is 22.7 Å². The average molecular weight is 339 g/mol. The Labute approximate surface area is 129 Å². The second-order valence-corrected chi connectivity index (χ2v) is 6.95. The summed E-state index contributed by atoms with van der Waals surface area (Å²) in [6.07, 6.45) is 6.75. The lowest BCUT2D eigenvalue weighted by Crippen LogP contribution is -2.61. The maximum absolute atomic E-state index is 5.39. The van der Waals surface area contributed by atoms with Crippen LogP contribution in [0.4, 0.5) is 5.69 Å². The number of benzene rings is 1. The van der Waals surface area contributed by atoms with E-state index >= 15 is 0 Å². The average Bonchev–Trinajstić information content (AvgIpc) is 2.47. The molecule has 0 amide bonds. The second-order valence-electron chi connectivity index (χ2n) is 6.04. The molecule has 4 heteroatoms. The highest BCUT2D eigenvalue weighted by Gasteiger charge is 2.36. The summed E-state index contributed by atoms with van der Waals surface area (Å²) < 4.78 is 6.48. The van der Waals surface area contributed by atoms with E-state index in [4.69, 9.17) is 4.74 Å². The monoisotopic (exact) mass is 338 g/mol. The zero-order chi connectivity index (χ0) is 14.0. The SMILES string of the molecule is COc1cc(Br)cc(N2CCNC3(CCCCC3)C2)c1. The van der Waals surface area contributed by atoms with E-state index in [2.05, 4.69) is 38.3 Å². The van der Waals surface area contributed by atoms with Gasteiger partial charge in [0.25, 0.3) is 0 Å². The highest BCUT2D eigenvalue weighted by atomic mass is 79.9. The van der Waals surface area contributed by atoms with Crippen molar-refractivity contribution in [1.82, 2.24) is 5.32 Å². The van der Waals surface area contributed by atoms with Gasteiger partial charge in [0.15, 0.2) is 0 Å². The molecule has 0 atom stereocenters. The number of nitrogens with one attached hydrogen (secondary N) is 1. The molecule has 0 aromatic heterocycles. The Bertz CT molecular complexity index is 466. The van der Waals surface area contributed by atoms with Crippen molar-refractivity contribution in [2.75, 3.05) is 31.6 Å². The summed E-state index contributed by atoms with van der Waals surface area (Å²) in [4.78, 5) is 2.51. The minimum absolute atomic E-state index is 0.339. The predicted octanol–water partition coefficient (Wildman–Crippen LogP) is 3.57. The summed E-state index contributed by atoms with van der Waals surface area (Å²) in [5.41, 5.74) is 1.61. The Morgan fingerprint density at radius 2 is 2.00 bits per heavy atom. The van der Waals surface area contributed by atoms with E-state index in [-0.39, 0.29) is 0 Å². The first-order chi connectivity index (χ1) is 9.71. The summed E-state index contributed by atoms with van der Waals surface area (Å²) in [6, 6.07) is 6.36. The van der Waals surface area contributed by atoms with Crippen LogP contribution in [-0.2, 0) is 0 Å². The van der Waals surface area contributed by atoms with E-state index in [0.717, 1.165) is 29.9 Å². The molecule has 3 rings (SSSR count). The summed E-state index contributed by atoms with van der Waals surface area (Å²) in [5.74, 6) is 0.922. The molecular formula is C16H23BrN2O. The number of halogens is 1. The quantitative estimate of drug-likeness (QED) is 0.892. The van der Waals surface area contributed by atoms with Crippen LogP contribution in [0.15, 0.2) is 22.7 Å². The van der Waals surface area contributed by atoms with E-state index in [1.807, 2.05) is 6.07 Å². The molecule has 0 bridgehead atoms. The van der Waals surface area contributed by atoms with Crippen LogP contribution in [-0.4, -0.2) is 32.3 Å². The number of piperazine rings is 1. The number of anilines is 1. The van der Waals surface area contributed by atoms with Crippen molar-refractivity contribution in [1.29, 1.82) is 0 Å². The number of methoxy groups -OCH3 is 1. The van der Waals surface area contributed by atoms with E-state index in [0.29, 0.717) is 5.54 Å². The molecule has 2 aliphatic rings. The van der Waals surface area contributed by atoms with Gasteiger partial charge in [-0.15, -0.1) is 0 Å². The Balaban J connectivity index is 1.81. The summed E-state index contributed by atoms with van der Waals surface area (Å²) in [6.45, 7) is 3.27. The third kappa shape index (κ3) is 2.96. The molecule has 1 saturated carbocycles. The minimum atomic E-state index is 0.339. The first-order valence-corrected chi connectivity index (χ1v) is 8.35. The molecule has 1 aliphatic carbocycles. The molecule has 110 valence electrons. The number of nitrogens with zero attached hydrogens (tertiary/aromatic N) is 1. The van der Waals surface area contributed by atoms with E-state index < -0.39 is 0 Å². The third-order valence-electron chi connectivity index (χ3n) is 4.64. The van der Waals surface area contributed by atoms with Crippen molar-refractivity contribution in [3.8, 4) is 5.75 Å². The van der Waals surface area contributed by atoms with Crippen LogP contribution in [0.25, 0.3) is 0 Å². The van der Waals surface area contributed by atoms with Crippen LogP contribution in [0.5, 0.6) is 5.75 Å². The lowest BCUT2D eigenvalue weighted by Gasteiger charge is -2.47. The van der Waals surface area contributed by atoms with Gasteiger partial charge in [-0.05, 0) is 25.0 Å². The Morgan fingerprint density at radius 1 is 1.20 bits per heavy atom. The topological polar surface area (TPSA) is 24.5 Å². The molecule has 20 heavy (non-hydrogen) atoms. The van der Waals surface area contributed by atoms with E-state index in [1.165, 1.54) is 37.8 Å². The van der Waals surface area contributed by atoms with Gasteiger partial charge in [-0.3, -0.25) is 0 Å². The number of ether oxygens (including phenoxy) is 1. The first-order valence-electron chi connectivity index (χ1n) is 7.55. The first kappa shape index (κ1) is 14.2. The van der Waals surface area contributed by atoms with Gasteiger partial charge in [0.1, 0.15) is 5.75 Å². The fraction of sp³-hybridized carbons (Fsp3) is 0.625. The maximum Gasteiger partial charge on any atom is 0.122 e. The van der Waals surface area contributed by atoms with Crippen LogP contribution < -0.4 is 15.0 Å². The van der Waals surface area contributed by atoms with E-state index in [9.17, 15) is 0 Å². The normalized spacial score (nSPS) is 22.0. The van der Waals surface area contributed by atoms with Gasteiger partial charge in [-0.1, -0.05) is 35.2 Å². The Morgan fingerprint density at radius 3 is 2.75 bits per heavy atom. The van der Waals surface area contributed by atoms with Gasteiger partial charge in [0.05, 0.1) is 7.11 Å². The standard InChI is InChI=1S/C16H23BrN2O/c1-20-15-10-13(17)9-14(11-15)19-8-7-18-16(12-19)5-3-2-4-6-16/h9-11,18H,2-8,12H2,1H3. The van der Waals surface area contributed by atoms with Crippen molar-refractivity contribution < 1.29 is 4.74 Å². The van der Waals surface area contributed by atoms with Crippen LogP contribution >= 0.6 is 15.9 Å². The molecule has 0 radical (unpaired) electrons. The van der Waals surface area contributed by atoms with Gasteiger partial charge < -0.3 is 15.0 Å².